The van der Waals surface area contributed by atoms with E-state index >= 15 is 0 Å². The maximum absolute atomic E-state index is 12.8. The lowest BCUT2D eigenvalue weighted by Gasteiger charge is -2.56. The van der Waals surface area contributed by atoms with E-state index in [-0.39, 0.29) is 0 Å². The summed E-state index contributed by atoms with van der Waals surface area (Å²) in [6.45, 7) is 2.18. The van der Waals surface area contributed by atoms with Gasteiger partial charge in [0.2, 0.25) is 5.88 Å². The van der Waals surface area contributed by atoms with Crippen molar-refractivity contribution < 1.29 is 13.5 Å². The van der Waals surface area contributed by atoms with E-state index in [0.717, 1.165) is 31.0 Å². The topological polar surface area (TPSA) is 94.6 Å². The maximum atomic E-state index is 12.8. The Morgan fingerprint density at radius 1 is 1.13 bits per heavy atom. The van der Waals surface area contributed by atoms with Crippen LogP contribution in [0.5, 0.6) is 5.88 Å². The van der Waals surface area contributed by atoms with E-state index in [1.54, 1.807) is 30.1 Å². The molecule has 1 N–H and O–H groups in total. The summed E-state index contributed by atoms with van der Waals surface area (Å²) in [5, 5.41) is 16.5. The van der Waals surface area contributed by atoms with Crippen molar-refractivity contribution in [1.82, 2.24) is 24.5 Å². The Labute approximate surface area is 218 Å². The quantitative estimate of drug-likeness (QED) is 0.378. The van der Waals surface area contributed by atoms with Gasteiger partial charge in [0.05, 0.1) is 42.8 Å². The molecule has 3 saturated heterocycles. The SMILES string of the molecule is COc1ccc(CN2C3CC2CN(c2ccc(-c4cc(NCC(F)F)cn5ncc(C#N)c45)cn2)C3)cn1. The Morgan fingerprint density at radius 2 is 1.97 bits per heavy atom. The predicted molar refractivity (Wildman–Crippen MR) is 138 cm³/mol. The molecule has 194 valence electrons. The summed E-state index contributed by atoms with van der Waals surface area (Å²) in [6, 6.07) is 12.7. The Hall–Kier alpha value is -4.30. The van der Waals surface area contributed by atoms with Crippen LogP contribution >= 0.6 is 0 Å². The molecule has 3 aliphatic rings. The zero-order valence-electron chi connectivity index (χ0n) is 20.8. The molecule has 0 aliphatic carbocycles. The van der Waals surface area contributed by atoms with Crippen LogP contribution in [-0.4, -0.2) is 69.7 Å². The number of fused-ring (bicyclic) bond motifs is 3. The van der Waals surface area contributed by atoms with Gasteiger partial charge >= 0.3 is 0 Å². The first-order chi connectivity index (χ1) is 18.5. The summed E-state index contributed by atoms with van der Waals surface area (Å²) in [5.74, 6) is 1.51. The number of piperidine rings is 1. The third kappa shape index (κ3) is 4.48. The average molecular weight is 517 g/mol. The number of halogens is 2. The molecule has 2 bridgehead atoms. The van der Waals surface area contributed by atoms with E-state index < -0.39 is 13.0 Å². The van der Waals surface area contributed by atoms with Crippen LogP contribution in [0, 0.1) is 11.3 Å². The molecule has 4 aromatic rings. The van der Waals surface area contributed by atoms with Crippen molar-refractivity contribution in [2.75, 3.05) is 37.0 Å². The minimum Gasteiger partial charge on any atom is -0.481 e. The van der Waals surface area contributed by atoms with Gasteiger partial charge in [0.25, 0.3) is 6.43 Å². The number of nitrogens with zero attached hydrogens (tertiary/aromatic N) is 7. The Morgan fingerprint density at radius 3 is 2.63 bits per heavy atom. The number of aromatic nitrogens is 4. The third-order valence-corrected chi connectivity index (χ3v) is 7.29. The minimum atomic E-state index is -2.48. The zero-order chi connectivity index (χ0) is 26.2. The molecular formula is C27H26F2N8O. The van der Waals surface area contributed by atoms with Crippen LogP contribution in [0.15, 0.2) is 55.1 Å². The lowest BCUT2D eigenvalue weighted by molar-refractivity contribution is -0.00876. The molecule has 0 amide bonds. The average Bonchev–Trinajstić information content (AvgIpc) is 3.38. The predicted octanol–water partition coefficient (Wildman–Crippen LogP) is 3.81. The van der Waals surface area contributed by atoms with Gasteiger partial charge in [-0.3, -0.25) is 4.90 Å². The Bertz CT molecular complexity index is 1470. The smallest absolute Gasteiger partial charge is 0.255 e. The number of hydrogen-bond acceptors (Lipinski definition) is 8. The van der Waals surface area contributed by atoms with E-state index in [9.17, 15) is 14.0 Å². The van der Waals surface area contributed by atoms with Crippen molar-refractivity contribution in [3.8, 4) is 23.1 Å². The second-order valence-electron chi connectivity index (χ2n) is 9.61. The van der Waals surface area contributed by atoms with E-state index in [1.165, 1.54) is 18.2 Å². The van der Waals surface area contributed by atoms with Crippen molar-refractivity contribution in [3.05, 3.63) is 66.2 Å². The summed E-state index contributed by atoms with van der Waals surface area (Å²) in [4.78, 5) is 13.9. The lowest BCUT2D eigenvalue weighted by Crippen LogP contribution is -2.68. The molecule has 2 unspecified atom stereocenters. The van der Waals surface area contributed by atoms with Crippen molar-refractivity contribution in [1.29, 1.82) is 5.26 Å². The molecule has 0 radical (unpaired) electrons. The largest absolute Gasteiger partial charge is 0.481 e. The number of ether oxygens (including phenoxy) is 1. The van der Waals surface area contributed by atoms with Gasteiger partial charge in [-0.15, -0.1) is 0 Å². The van der Waals surface area contributed by atoms with Crippen molar-refractivity contribution in [3.63, 3.8) is 0 Å². The van der Waals surface area contributed by atoms with Gasteiger partial charge < -0.3 is 15.0 Å². The molecule has 0 spiro atoms. The highest BCUT2D eigenvalue weighted by atomic mass is 19.3. The number of rotatable bonds is 8. The highest BCUT2D eigenvalue weighted by Crippen LogP contribution is 2.36. The van der Waals surface area contributed by atoms with Crippen LogP contribution in [0.4, 0.5) is 20.3 Å². The van der Waals surface area contributed by atoms with Crippen LogP contribution < -0.4 is 15.0 Å². The normalized spacial score (nSPS) is 18.9. The molecule has 9 nitrogen and oxygen atoms in total. The Balaban J connectivity index is 1.19. The van der Waals surface area contributed by atoms with E-state index in [0.29, 0.717) is 40.3 Å². The summed E-state index contributed by atoms with van der Waals surface area (Å²) in [6.07, 6.45) is 5.42. The fourth-order valence-corrected chi connectivity index (χ4v) is 5.42. The summed E-state index contributed by atoms with van der Waals surface area (Å²) in [5.41, 5.74) is 4.18. The van der Waals surface area contributed by atoms with Crippen molar-refractivity contribution >= 4 is 17.0 Å². The van der Waals surface area contributed by atoms with Gasteiger partial charge in [-0.2, -0.15) is 10.4 Å². The van der Waals surface area contributed by atoms with E-state index in [2.05, 4.69) is 37.3 Å². The van der Waals surface area contributed by atoms with Gasteiger partial charge in [0.15, 0.2) is 0 Å². The maximum Gasteiger partial charge on any atom is 0.255 e. The molecule has 0 aromatic carbocycles. The first-order valence-corrected chi connectivity index (χ1v) is 12.4. The first-order valence-electron chi connectivity index (χ1n) is 12.4. The molecular weight excluding hydrogens is 490 g/mol. The highest BCUT2D eigenvalue weighted by molar-refractivity contribution is 5.86. The van der Waals surface area contributed by atoms with Crippen LogP contribution in [0.1, 0.15) is 17.5 Å². The standard InChI is InChI=1S/C27H26F2N8O/c1-38-26-5-2-17(9-33-26)13-36-21-7-22(36)16-35(15-21)25-4-3-18(10-32-25)23-6-20(31-12-24(28)29)14-37-27(23)19(8-30)11-34-37/h2-6,9-11,14,21-22,24,31H,7,12-13,15-16H2,1H3. The van der Waals surface area contributed by atoms with Gasteiger partial charge in [-0.25, -0.2) is 23.3 Å². The molecule has 3 fully saturated rings. The number of pyridine rings is 3. The molecule has 38 heavy (non-hydrogen) atoms. The molecule has 3 aliphatic heterocycles. The number of nitrogens with one attached hydrogen (secondary N) is 1. The number of piperazine rings is 1. The van der Waals surface area contributed by atoms with Crippen molar-refractivity contribution in [2.24, 2.45) is 0 Å². The number of alkyl halides is 2. The van der Waals surface area contributed by atoms with Gasteiger partial charge in [0.1, 0.15) is 11.9 Å². The zero-order valence-corrected chi connectivity index (χ0v) is 20.8. The molecule has 2 atom stereocenters. The fraction of sp³-hybridized carbons (Fsp3) is 0.333. The van der Waals surface area contributed by atoms with Crippen LogP contribution in [0.2, 0.25) is 0 Å². The van der Waals surface area contributed by atoms with E-state index in [1.807, 2.05) is 24.4 Å². The second kappa shape index (κ2) is 9.87. The van der Waals surface area contributed by atoms with Gasteiger partial charge in [-0.05, 0) is 30.2 Å². The lowest BCUT2D eigenvalue weighted by atomic mass is 9.87. The first kappa shape index (κ1) is 24.1. The molecule has 0 saturated carbocycles. The van der Waals surface area contributed by atoms with Gasteiger partial charge in [0, 0.05) is 61.3 Å². The van der Waals surface area contributed by atoms with Crippen LogP contribution in [-0.2, 0) is 6.54 Å². The van der Waals surface area contributed by atoms with E-state index in [4.69, 9.17) is 9.72 Å². The van der Waals surface area contributed by atoms with Crippen LogP contribution in [0.3, 0.4) is 0 Å². The molecule has 7 heterocycles. The molecule has 11 heteroatoms. The van der Waals surface area contributed by atoms with Crippen LogP contribution in [0.25, 0.3) is 16.6 Å². The number of methoxy groups -OCH3 is 1. The summed E-state index contributed by atoms with van der Waals surface area (Å²) >= 11 is 0. The number of nitriles is 1. The summed E-state index contributed by atoms with van der Waals surface area (Å²) < 4.78 is 32.3. The Kier molecular flexibility index (Phi) is 6.25. The second-order valence-corrected chi connectivity index (χ2v) is 9.61. The number of anilines is 2. The molecule has 7 rings (SSSR count). The molecule has 4 aromatic heterocycles. The minimum absolute atomic E-state index is 0.410. The number of hydrogen-bond donors (Lipinski definition) is 1. The monoisotopic (exact) mass is 516 g/mol. The third-order valence-electron chi connectivity index (χ3n) is 7.29. The van der Waals surface area contributed by atoms with Gasteiger partial charge in [-0.1, -0.05) is 6.07 Å². The highest BCUT2D eigenvalue weighted by Gasteiger charge is 2.44. The fourth-order valence-electron chi connectivity index (χ4n) is 5.42. The summed E-state index contributed by atoms with van der Waals surface area (Å²) in [7, 11) is 1.62. The van der Waals surface area contributed by atoms with Crippen molar-refractivity contribution in [2.45, 2.75) is 31.5 Å².